The molecule has 1 unspecified atom stereocenters. The van der Waals surface area contributed by atoms with Crippen LogP contribution in [0.4, 0.5) is 0 Å². The summed E-state index contributed by atoms with van der Waals surface area (Å²) < 4.78 is 0. The second kappa shape index (κ2) is 5.83. The molecule has 2 aliphatic rings. The molecule has 2 saturated heterocycles. The molecule has 0 spiro atoms. The van der Waals surface area contributed by atoms with E-state index in [0.717, 1.165) is 25.9 Å². The van der Waals surface area contributed by atoms with Gasteiger partial charge >= 0.3 is 5.97 Å². The van der Waals surface area contributed by atoms with Gasteiger partial charge in [-0.2, -0.15) is 0 Å². The van der Waals surface area contributed by atoms with Crippen LogP contribution in [-0.4, -0.2) is 60.1 Å². The minimum Gasteiger partial charge on any atom is -0.481 e. The Morgan fingerprint density at radius 3 is 2.41 bits per heavy atom. The number of carbonyl (C=O) groups is 1. The summed E-state index contributed by atoms with van der Waals surface area (Å²) in [5.41, 5.74) is 0. The molecule has 0 aromatic carbocycles. The first-order valence-electron chi connectivity index (χ1n) is 6.82. The van der Waals surface area contributed by atoms with Crippen molar-refractivity contribution in [3.8, 4) is 0 Å². The summed E-state index contributed by atoms with van der Waals surface area (Å²) in [6.07, 6.45) is 5.47. The fourth-order valence-electron chi connectivity index (χ4n) is 3.10. The van der Waals surface area contributed by atoms with Gasteiger partial charge in [0.1, 0.15) is 0 Å². The van der Waals surface area contributed by atoms with Gasteiger partial charge in [0.25, 0.3) is 0 Å². The zero-order chi connectivity index (χ0) is 12.3. The minimum absolute atomic E-state index is 0.0975. The predicted molar refractivity (Wildman–Crippen MR) is 67.1 cm³/mol. The Bertz CT molecular complexity index is 262. The smallest absolute Gasteiger partial charge is 0.306 e. The molecular weight excluding hydrogens is 216 g/mol. The van der Waals surface area contributed by atoms with Gasteiger partial charge in [-0.05, 0) is 65.3 Å². The van der Waals surface area contributed by atoms with E-state index in [9.17, 15) is 4.79 Å². The van der Waals surface area contributed by atoms with E-state index >= 15 is 0 Å². The van der Waals surface area contributed by atoms with Crippen molar-refractivity contribution >= 4 is 5.97 Å². The highest BCUT2D eigenvalue weighted by atomic mass is 16.4. The lowest BCUT2D eigenvalue weighted by atomic mass is 9.94. The van der Waals surface area contributed by atoms with Crippen molar-refractivity contribution in [1.82, 2.24) is 9.80 Å². The SMILES string of the molecule is CN1CCCC(N2CCC(C(=O)O)CC2)CC1. The highest BCUT2D eigenvalue weighted by Crippen LogP contribution is 2.23. The monoisotopic (exact) mass is 240 g/mol. The van der Waals surface area contributed by atoms with E-state index in [2.05, 4.69) is 16.8 Å². The van der Waals surface area contributed by atoms with Crippen LogP contribution in [0.3, 0.4) is 0 Å². The second-order valence-electron chi connectivity index (χ2n) is 5.54. The molecule has 4 heteroatoms. The molecule has 0 amide bonds. The normalized spacial score (nSPS) is 30.1. The fourth-order valence-corrected chi connectivity index (χ4v) is 3.10. The average molecular weight is 240 g/mol. The van der Waals surface area contributed by atoms with E-state index < -0.39 is 5.97 Å². The summed E-state index contributed by atoms with van der Waals surface area (Å²) in [7, 11) is 2.19. The first kappa shape index (κ1) is 12.8. The van der Waals surface area contributed by atoms with Crippen molar-refractivity contribution in [2.75, 3.05) is 33.2 Å². The Labute approximate surface area is 104 Å². The van der Waals surface area contributed by atoms with Gasteiger partial charge in [-0.3, -0.25) is 4.79 Å². The Morgan fingerprint density at radius 2 is 1.76 bits per heavy atom. The van der Waals surface area contributed by atoms with E-state index in [0.29, 0.717) is 6.04 Å². The van der Waals surface area contributed by atoms with Gasteiger partial charge in [-0.15, -0.1) is 0 Å². The molecule has 4 nitrogen and oxygen atoms in total. The third-order valence-corrected chi connectivity index (χ3v) is 4.32. The predicted octanol–water partition coefficient (Wildman–Crippen LogP) is 1.27. The van der Waals surface area contributed by atoms with E-state index in [-0.39, 0.29) is 5.92 Å². The van der Waals surface area contributed by atoms with Crippen LogP contribution in [0, 0.1) is 5.92 Å². The molecule has 2 heterocycles. The van der Waals surface area contributed by atoms with E-state index in [4.69, 9.17) is 5.11 Å². The van der Waals surface area contributed by atoms with E-state index in [1.807, 2.05) is 0 Å². The van der Waals surface area contributed by atoms with Crippen molar-refractivity contribution in [3.63, 3.8) is 0 Å². The Hall–Kier alpha value is -0.610. The van der Waals surface area contributed by atoms with Crippen LogP contribution >= 0.6 is 0 Å². The molecule has 0 radical (unpaired) electrons. The third kappa shape index (κ3) is 3.42. The molecule has 17 heavy (non-hydrogen) atoms. The Kier molecular flexibility index (Phi) is 4.40. The lowest BCUT2D eigenvalue weighted by Crippen LogP contribution is -2.43. The summed E-state index contributed by atoms with van der Waals surface area (Å²) in [6, 6.07) is 0.690. The summed E-state index contributed by atoms with van der Waals surface area (Å²) in [5, 5.41) is 8.99. The highest BCUT2D eigenvalue weighted by molar-refractivity contribution is 5.70. The zero-order valence-electron chi connectivity index (χ0n) is 10.8. The van der Waals surface area contributed by atoms with Crippen LogP contribution in [0.2, 0.25) is 0 Å². The molecule has 1 N–H and O–H groups in total. The van der Waals surface area contributed by atoms with Gasteiger partial charge in [-0.25, -0.2) is 0 Å². The lowest BCUT2D eigenvalue weighted by Gasteiger charge is -2.36. The van der Waals surface area contributed by atoms with Gasteiger partial charge in [0, 0.05) is 6.04 Å². The van der Waals surface area contributed by atoms with Crippen molar-refractivity contribution in [3.05, 3.63) is 0 Å². The molecule has 98 valence electrons. The molecule has 2 fully saturated rings. The standard InChI is InChI=1S/C13H24N2O2/c1-14-7-2-3-12(6-8-14)15-9-4-11(5-10-15)13(16)17/h11-12H,2-10H2,1H3,(H,16,17). The lowest BCUT2D eigenvalue weighted by molar-refractivity contribution is -0.143. The molecule has 0 aromatic rings. The number of aliphatic carboxylic acids is 1. The molecule has 2 aliphatic heterocycles. The van der Waals surface area contributed by atoms with Crippen LogP contribution in [-0.2, 0) is 4.79 Å². The molecule has 0 aliphatic carbocycles. The van der Waals surface area contributed by atoms with Gasteiger partial charge in [0.05, 0.1) is 5.92 Å². The number of carboxylic acid groups (broad SMARTS) is 1. The van der Waals surface area contributed by atoms with Crippen LogP contribution in [0.1, 0.15) is 32.1 Å². The Balaban J connectivity index is 1.81. The number of likely N-dealkylation sites (tertiary alicyclic amines) is 2. The van der Waals surface area contributed by atoms with Crippen molar-refractivity contribution in [2.24, 2.45) is 5.92 Å². The summed E-state index contributed by atoms with van der Waals surface area (Å²) in [5.74, 6) is -0.704. The van der Waals surface area contributed by atoms with Gasteiger partial charge in [-0.1, -0.05) is 0 Å². The highest BCUT2D eigenvalue weighted by Gasteiger charge is 2.29. The number of rotatable bonds is 2. The number of hydrogen-bond acceptors (Lipinski definition) is 3. The number of hydrogen-bond donors (Lipinski definition) is 1. The average Bonchev–Trinajstić information content (AvgIpc) is 2.54. The zero-order valence-corrected chi connectivity index (χ0v) is 10.8. The maximum atomic E-state index is 10.9. The molecule has 1 atom stereocenters. The number of carboxylic acids is 1. The fraction of sp³-hybridized carbons (Fsp3) is 0.923. The van der Waals surface area contributed by atoms with Crippen LogP contribution < -0.4 is 0 Å². The maximum absolute atomic E-state index is 10.9. The molecule has 0 aromatic heterocycles. The van der Waals surface area contributed by atoms with Crippen LogP contribution in [0.5, 0.6) is 0 Å². The Morgan fingerprint density at radius 1 is 1.06 bits per heavy atom. The number of piperidine rings is 1. The van der Waals surface area contributed by atoms with Gasteiger partial charge in [0.15, 0.2) is 0 Å². The largest absolute Gasteiger partial charge is 0.481 e. The molecule has 0 bridgehead atoms. The first-order valence-corrected chi connectivity index (χ1v) is 6.82. The third-order valence-electron chi connectivity index (χ3n) is 4.32. The molecular formula is C13H24N2O2. The van der Waals surface area contributed by atoms with Gasteiger partial charge in [0.2, 0.25) is 0 Å². The summed E-state index contributed by atoms with van der Waals surface area (Å²) >= 11 is 0. The van der Waals surface area contributed by atoms with E-state index in [1.54, 1.807) is 0 Å². The molecule has 0 saturated carbocycles. The van der Waals surface area contributed by atoms with Crippen LogP contribution in [0.15, 0.2) is 0 Å². The van der Waals surface area contributed by atoms with Crippen molar-refractivity contribution in [2.45, 2.75) is 38.1 Å². The minimum atomic E-state index is -0.606. The van der Waals surface area contributed by atoms with Crippen LogP contribution in [0.25, 0.3) is 0 Å². The van der Waals surface area contributed by atoms with Crippen molar-refractivity contribution in [1.29, 1.82) is 0 Å². The number of nitrogens with zero attached hydrogens (tertiary/aromatic N) is 2. The quantitative estimate of drug-likeness (QED) is 0.789. The topological polar surface area (TPSA) is 43.8 Å². The van der Waals surface area contributed by atoms with E-state index in [1.165, 1.54) is 32.4 Å². The van der Waals surface area contributed by atoms with Gasteiger partial charge < -0.3 is 14.9 Å². The first-order chi connectivity index (χ1) is 8.16. The summed E-state index contributed by atoms with van der Waals surface area (Å²) in [6.45, 7) is 4.35. The van der Waals surface area contributed by atoms with Crippen molar-refractivity contribution < 1.29 is 9.90 Å². The summed E-state index contributed by atoms with van der Waals surface area (Å²) in [4.78, 5) is 15.8. The maximum Gasteiger partial charge on any atom is 0.306 e. The second-order valence-corrected chi connectivity index (χ2v) is 5.54. The molecule has 2 rings (SSSR count).